The Morgan fingerprint density at radius 3 is 2.48 bits per heavy atom. The van der Waals surface area contributed by atoms with Gasteiger partial charge in [0, 0.05) is 25.8 Å². The Labute approximate surface area is 125 Å². The van der Waals surface area contributed by atoms with Gasteiger partial charge < -0.3 is 9.64 Å². The molecular weight excluding hydrogens is 292 g/mol. The number of carbonyl (C=O) groups excluding carboxylic acids is 1. The van der Waals surface area contributed by atoms with Crippen LogP contribution < -0.4 is 5.14 Å². The van der Waals surface area contributed by atoms with E-state index in [0.717, 1.165) is 5.56 Å². The highest BCUT2D eigenvalue weighted by molar-refractivity contribution is 7.89. The molecule has 0 aliphatic rings. The molecule has 1 rings (SSSR count). The van der Waals surface area contributed by atoms with E-state index in [1.54, 1.807) is 18.1 Å². The fraction of sp³-hybridized carbons (Fsp3) is 0.500. The monoisotopic (exact) mass is 314 g/mol. The van der Waals surface area contributed by atoms with Gasteiger partial charge >= 0.3 is 0 Å². The summed E-state index contributed by atoms with van der Waals surface area (Å²) in [4.78, 5) is 14.1. The number of primary sulfonamides is 1. The van der Waals surface area contributed by atoms with Crippen molar-refractivity contribution in [3.05, 3.63) is 29.3 Å². The Balaban J connectivity index is 3.22. The van der Waals surface area contributed by atoms with E-state index in [-0.39, 0.29) is 10.8 Å². The number of ether oxygens (including phenoxy) is 1. The first-order valence-electron chi connectivity index (χ1n) is 6.79. The van der Waals surface area contributed by atoms with Crippen LogP contribution in [0.15, 0.2) is 23.1 Å². The third kappa shape index (κ3) is 4.52. The average molecular weight is 314 g/mol. The molecule has 0 saturated carbocycles. The smallest absolute Gasteiger partial charge is 0.254 e. The van der Waals surface area contributed by atoms with E-state index < -0.39 is 10.0 Å². The minimum atomic E-state index is -3.83. The Morgan fingerprint density at radius 1 is 1.33 bits per heavy atom. The molecule has 1 aromatic carbocycles. The van der Waals surface area contributed by atoms with Gasteiger partial charge in [-0.2, -0.15) is 0 Å². The summed E-state index contributed by atoms with van der Waals surface area (Å²) in [5, 5.41) is 5.13. The minimum Gasteiger partial charge on any atom is -0.383 e. The molecule has 0 aromatic heterocycles. The fourth-order valence-electron chi connectivity index (χ4n) is 2.02. The Hall–Kier alpha value is -1.44. The number of nitrogens with two attached hydrogens (primary N) is 1. The third-order valence-corrected chi connectivity index (χ3v) is 4.17. The molecule has 0 radical (unpaired) electrons. The van der Waals surface area contributed by atoms with Crippen LogP contribution in [0, 0.1) is 0 Å². The number of rotatable bonds is 7. The van der Waals surface area contributed by atoms with Crippen LogP contribution in [0.2, 0.25) is 0 Å². The van der Waals surface area contributed by atoms with E-state index >= 15 is 0 Å². The molecule has 2 N–H and O–H groups in total. The second-order valence-electron chi connectivity index (χ2n) is 4.60. The van der Waals surface area contributed by atoms with Gasteiger partial charge in [0.1, 0.15) is 0 Å². The number of hydrogen-bond donors (Lipinski definition) is 1. The van der Waals surface area contributed by atoms with Crippen molar-refractivity contribution in [2.75, 3.05) is 26.8 Å². The second-order valence-corrected chi connectivity index (χ2v) is 6.16. The second kappa shape index (κ2) is 7.53. The highest BCUT2D eigenvalue weighted by Gasteiger charge is 2.19. The van der Waals surface area contributed by atoms with E-state index in [2.05, 4.69) is 0 Å². The lowest BCUT2D eigenvalue weighted by Gasteiger charge is -2.22. The summed E-state index contributed by atoms with van der Waals surface area (Å²) in [6.07, 6.45) is 0.633. The number of methoxy groups -OCH3 is 1. The van der Waals surface area contributed by atoms with Gasteiger partial charge in [0.25, 0.3) is 5.91 Å². The number of sulfonamides is 1. The first-order chi connectivity index (χ1) is 9.85. The maximum atomic E-state index is 12.6. The van der Waals surface area contributed by atoms with Crippen LogP contribution in [0.1, 0.15) is 29.8 Å². The molecule has 0 unspecified atom stereocenters. The van der Waals surface area contributed by atoms with Gasteiger partial charge in [0.15, 0.2) is 0 Å². The molecular formula is C14H22N2O4S. The maximum Gasteiger partial charge on any atom is 0.254 e. The predicted molar refractivity (Wildman–Crippen MR) is 80.6 cm³/mol. The Morgan fingerprint density at radius 2 is 2.00 bits per heavy atom. The number of likely N-dealkylation sites (N-methyl/N-ethyl adjacent to an activating group) is 1. The van der Waals surface area contributed by atoms with E-state index in [0.29, 0.717) is 31.7 Å². The first-order valence-corrected chi connectivity index (χ1v) is 8.33. The molecule has 6 nitrogen and oxygen atoms in total. The van der Waals surface area contributed by atoms with Crippen molar-refractivity contribution in [3.8, 4) is 0 Å². The van der Waals surface area contributed by atoms with Gasteiger partial charge in [-0.3, -0.25) is 4.79 Å². The number of nitrogens with zero attached hydrogens (tertiary/aromatic N) is 1. The zero-order valence-electron chi connectivity index (χ0n) is 12.6. The fourth-order valence-corrected chi connectivity index (χ4v) is 2.55. The Bertz CT molecular complexity index is 599. The van der Waals surface area contributed by atoms with E-state index in [1.807, 2.05) is 13.8 Å². The van der Waals surface area contributed by atoms with Crippen LogP contribution in [0.5, 0.6) is 0 Å². The van der Waals surface area contributed by atoms with E-state index in [4.69, 9.17) is 9.88 Å². The summed E-state index contributed by atoms with van der Waals surface area (Å²) in [5.74, 6) is -0.211. The van der Waals surface area contributed by atoms with Gasteiger partial charge in [0.2, 0.25) is 10.0 Å². The van der Waals surface area contributed by atoms with E-state index in [1.165, 1.54) is 12.1 Å². The molecule has 0 atom stereocenters. The molecule has 118 valence electrons. The van der Waals surface area contributed by atoms with Crippen LogP contribution in [0.25, 0.3) is 0 Å². The van der Waals surface area contributed by atoms with E-state index in [9.17, 15) is 13.2 Å². The normalized spacial score (nSPS) is 11.4. The number of hydrogen-bond acceptors (Lipinski definition) is 4. The topological polar surface area (TPSA) is 89.7 Å². The molecule has 1 amide bonds. The lowest BCUT2D eigenvalue weighted by molar-refractivity contribution is 0.0705. The molecule has 0 aliphatic carbocycles. The molecule has 0 fully saturated rings. The predicted octanol–water partition coefficient (Wildman–Crippen LogP) is 1.00. The van der Waals surface area contributed by atoms with Crippen LogP contribution in [0.4, 0.5) is 0 Å². The van der Waals surface area contributed by atoms with Gasteiger partial charge in [-0.05, 0) is 31.0 Å². The highest BCUT2D eigenvalue weighted by atomic mass is 32.2. The Kier molecular flexibility index (Phi) is 6.32. The van der Waals surface area contributed by atoms with Gasteiger partial charge in [-0.15, -0.1) is 0 Å². The highest BCUT2D eigenvalue weighted by Crippen LogP contribution is 2.18. The van der Waals surface area contributed by atoms with Crippen LogP contribution in [0.3, 0.4) is 0 Å². The number of aryl methyl sites for hydroxylation is 1. The van der Waals surface area contributed by atoms with Crippen molar-refractivity contribution in [3.63, 3.8) is 0 Å². The first kappa shape index (κ1) is 17.6. The molecule has 0 bridgehead atoms. The molecule has 1 aromatic rings. The van der Waals surface area contributed by atoms with Crippen molar-refractivity contribution in [1.82, 2.24) is 4.90 Å². The summed E-state index contributed by atoms with van der Waals surface area (Å²) < 4.78 is 27.9. The lowest BCUT2D eigenvalue weighted by atomic mass is 10.0. The van der Waals surface area contributed by atoms with Crippen molar-refractivity contribution in [2.24, 2.45) is 5.14 Å². The maximum absolute atomic E-state index is 12.6. The van der Waals surface area contributed by atoms with Crippen LogP contribution in [-0.4, -0.2) is 46.0 Å². The largest absolute Gasteiger partial charge is 0.383 e. The quantitative estimate of drug-likeness (QED) is 0.813. The minimum absolute atomic E-state index is 0.0501. The van der Waals surface area contributed by atoms with Crippen molar-refractivity contribution in [2.45, 2.75) is 25.2 Å². The van der Waals surface area contributed by atoms with Gasteiger partial charge in [-0.1, -0.05) is 13.0 Å². The molecule has 0 spiro atoms. The molecule has 7 heteroatoms. The van der Waals surface area contributed by atoms with Crippen molar-refractivity contribution >= 4 is 15.9 Å². The third-order valence-electron chi connectivity index (χ3n) is 3.26. The van der Waals surface area contributed by atoms with Gasteiger partial charge in [0.05, 0.1) is 11.5 Å². The molecule has 0 saturated heterocycles. The van der Waals surface area contributed by atoms with Crippen molar-refractivity contribution in [1.29, 1.82) is 0 Å². The SMILES string of the molecule is CCc1ccc(S(N)(=O)=O)cc1C(=O)N(CC)CCOC. The molecule has 21 heavy (non-hydrogen) atoms. The summed E-state index contributed by atoms with van der Waals surface area (Å²) >= 11 is 0. The van der Waals surface area contributed by atoms with Gasteiger partial charge in [-0.25, -0.2) is 13.6 Å². The average Bonchev–Trinajstić information content (AvgIpc) is 2.46. The number of carbonyl (C=O) groups is 1. The number of benzene rings is 1. The zero-order chi connectivity index (χ0) is 16.0. The molecule has 0 aliphatic heterocycles. The van der Waals surface area contributed by atoms with Crippen LogP contribution in [-0.2, 0) is 21.2 Å². The van der Waals surface area contributed by atoms with Crippen LogP contribution >= 0.6 is 0 Å². The molecule has 0 heterocycles. The summed E-state index contributed by atoms with van der Waals surface area (Å²) in [6.45, 7) is 5.17. The summed E-state index contributed by atoms with van der Waals surface area (Å²) in [6, 6.07) is 4.42. The standard InChI is InChI=1S/C14H22N2O4S/c1-4-11-6-7-12(21(15,18)19)10-13(11)14(17)16(5-2)8-9-20-3/h6-7,10H,4-5,8-9H2,1-3H3,(H2,15,18,19). The zero-order valence-corrected chi connectivity index (χ0v) is 13.4. The lowest BCUT2D eigenvalue weighted by Crippen LogP contribution is -2.34. The van der Waals surface area contributed by atoms with Crippen molar-refractivity contribution < 1.29 is 17.9 Å². The summed E-state index contributed by atoms with van der Waals surface area (Å²) in [5.41, 5.74) is 1.17. The summed E-state index contributed by atoms with van der Waals surface area (Å²) in [7, 11) is -2.26. The number of amides is 1.